The van der Waals surface area contributed by atoms with Gasteiger partial charge in [0.2, 0.25) is 0 Å². The molecule has 4 aromatic rings. The van der Waals surface area contributed by atoms with Gasteiger partial charge in [-0.2, -0.15) is 0 Å². The van der Waals surface area contributed by atoms with Gasteiger partial charge in [-0.3, -0.25) is 0 Å². The molecule has 0 aliphatic carbocycles. The van der Waals surface area contributed by atoms with E-state index in [2.05, 4.69) is 71.0 Å². The predicted molar refractivity (Wildman–Crippen MR) is 111 cm³/mol. The highest BCUT2D eigenvalue weighted by Crippen LogP contribution is 2.34. The van der Waals surface area contributed by atoms with Gasteiger partial charge in [0.05, 0.1) is 21.5 Å². The first kappa shape index (κ1) is 17.3. The lowest BCUT2D eigenvalue weighted by Crippen LogP contribution is -2.20. The van der Waals surface area contributed by atoms with Crippen LogP contribution >= 0.6 is 11.3 Å². The second-order valence-electron chi connectivity index (χ2n) is 8.77. The van der Waals surface area contributed by atoms with E-state index in [1.165, 1.54) is 20.8 Å². The molecule has 2 nitrogen and oxygen atoms in total. The van der Waals surface area contributed by atoms with Gasteiger partial charge in [-0.05, 0) is 46.2 Å². The number of nitrogens with zero attached hydrogens (tertiary/aromatic N) is 1. The third kappa shape index (κ3) is 3.16. The molecule has 2 aromatic carbocycles. The van der Waals surface area contributed by atoms with Crippen molar-refractivity contribution >= 4 is 32.5 Å². The first-order valence-electron chi connectivity index (χ1n) is 9.10. The van der Waals surface area contributed by atoms with Crippen LogP contribution < -0.4 is 0 Å². The fourth-order valence-electron chi connectivity index (χ4n) is 3.37. The Morgan fingerprint density at radius 2 is 1.69 bits per heavy atom. The molecule has 0 unspecified atom stereocenters. The topological polar surface area (TPSA) is 26.0 Å². The van der Waals surface area contributed by atoms with Gasteiger partial charge in [-0.25, -0.2) is 4.98 Å². The van der Waals surface area contributed by atoms with Crippen LogP contribution in [0.1, 0.15) is 50.8 Å². The van der Waals surface area contributed by atoms with Crippen molar-refractivity contribution in [2.24, 2.45) is 0 Å². The summed E-state index contributed by atoms with van der Waals surface area (Å²) < 4.78 is 6.85. The van der Waals surface area contributed by atoms with Gasteiger partial charge in [-0.15, -0.1) is 11.3 Å². The molecule has 26 heavy (non-hydrogen) atoms. The van der Waals surface area contributed by atoms with Crippen LogP contribution in [0.4, 0.5) is 0 Å². The van der Waals surface area contributed by atoms with E-state index in [1.54, 1.807) is 6.26 Å². The molecule has 2 aromatic heterocycles. The van der Waals surface area contributed by atoms with Crippen LogP contribution in [0.15, 0.2) is 53.1 Å². The van der Waals surface area contributed by atoms with Crippen LogP contribution in [0.5, 0.6) is 0 Å². The molecule has 0 radical (unpaired) electrons. The number of hydrogen-bond donors (Lipinski definition) is 0. The zero-order valence-electron chi connectivity index (χ0n) is 16.1. The standard InChI is InChI=1S/C23H25NOS/c1-22(2,3)16-8-9-20-18(12-16)24-21(26-20)14-23(4,5)17-7-6-15-10-11-25-19(15)13-17/h6-13H,14H2,1-5H3. The van der Waals surface area contributed by atoms with E-state index in [9.17, 15) is 0 Å². The number of aromatic nitrogens is 1. The Labute approximate surface area is 158 Å². The average Bonchev–Trinajstić information content (AvgIpc) is 3.17. The molecule has 0 atom stereocenters. The van der Waals surface area contributed by atoms with E-state index < -0.39 is 0 Å². The largest absolute Gasteiger partial charge is 0.464 e. The van der Waals surface area contributed by atoms with Gasteiger partial charge in [0.25, 0.3) is 0 Å². The van der Waals surface area contributed by atoms with Crippen molar-refractivity contribution < 1.29 is 4.42 Å². The van der Waals surface area contributed by atoms with Crippen molar-refractivity contribution in [3.8, 4) is 0 Å². The smallest absolute Gasteiger partial charge is 0.134 e. The summed E-state index contributed by atoms with van der Waals surface area (Å²) >= 11 is 1.81. The van der Waals surface area contributed by atoms with Crippen molar-refractivity contribution in [2.45, 2.75) is 51.9 Å². The molecule has 0 fully saturated rings. The Morgan fingerprint density at radius 3 is 2.46 bits per heavy atom. The third-order valence-corrected chi connectivity index (χ3v) is 6.17. The number of rotatable bonds is 3. The summed E-state index contributed by atoms with van der Waals surface area (Å²) in [7, 11) is 0. The van der Waals surface area contributed by atoms with Crippen LogP contribution in [-0.2, 0) is 17.3 Å². The summed E-state index contributed by atoms with van der Waals surface area (Å²) in [5.74, 6) is 0. The molecule has 0 amide bonds. The monoisotopic (exact) mass is 363 g/mol. The molecule has 0 saturated heterocycles. The number of furan rings is 1. The maximum Gasteiger partial charge on any atom is 0.134 e. The Balaban J connectivity index is 1.66. The molecular formula is C23H25NOS. The summed E-state index contributed by atoms with van der Waals surface area (Å²) in [6.07, 6.45) is 2.67. The highest BCUT2D eigenvalue weighted by Gasteiger charge is 2.24. The Bertz CT molecular complexity index is 1080. The second kappa shape index (κ2) is 5.95. The minimum atomic E-state index is 0.00170. The zero-order chi connectivity index (χ0) is 18.5. The van der Waals surface area contributed by atoms with E-state index in [-0.39, 0.29) is 10.8 Å². The van der Waals surface area contributed by atoms with Gasteiger partial charge >= 0.3 is 0 Å². The minimum Gasteiger partial charge on any atom is -0.464 e. The highest BCUT2D eigenvalue weighted by atomic mass is 32.1. The SMILES string of the molecule is CC(C)(C)c1ccc2sc(CC(C)(C)c3ccc4ccoc4c3)nc2c1. The normalized spacial score (nSPS) is 13.0. The summed E-state index contributed by atoms with van der Waals surface area (Å²) in [4.78, 5) is 4.94. The van der Waals surface area contributed by atoms with E-state index in [0.29, 0.717) is 0 Å². The van der Waals surface area contributed by atoms with Crippen molar-refractivity contribution in [2.75, 3.05) is 0 Å². The zero-order valence-corrected chi connectivity index (χ0v) is 16.9. The summed E-state index contributed by atoms with van der Waals surface area (Å²) in [6, 6.07) is 15.2. The highest BCUT2D eigenvalue weighted by molar-refractivity contribution is 7.18. The fourth-order valence-corrected chi connectivity index (χ4v) is 4.55. The molecule has 0 N–H and O–H groups in total. The Morgan fingerprint density at radius 1 is 0.923 bits per heavy atom. The lowest BCUT2D eigenvalue weighted by atomic mass is 9.81. The van der Waals surface area contributed by atoms with Crippen LogP contribution in [-0.4, -0.2) is 4.98 Å². The third-order valence-electron chi connectivity index (χ3n) is 5.13. The van der Waals surface area contributed by atoms with Crippen LogP contribution in [0.2, 0.25) is 0 Å². The van der Waals surface area contributed by atoms with E-state index in [4.69, 9.17) is 9.40 Å². The molecule has 0 aliphatic heterocycles. The molecule has 4 rings (SSSR count). The molecule has 0 aliphatic rings. The number of thiazole rings is 1. The average molecular weight is 364 g/mol. The Kier molecular flexibility index (Phi) is 3.96. The van der Waals surface area contributed by atoms with E-state index in [1.807, 2.05) is 17.4 Å². The number of fused-ring (bicyclic) bond motifs is 2. The molecule has 3 heteroatoms. The molecular weight excluding hydrogens is 338 g/mol. The number of benzene rings is 2. The lowest BCUT2D eigenvalue weighted by Gasteiger charge is -2.24. The van der Waals surface area contributed by atoms with Crippen LogP contribution in [0.25, 0.3) is 21.2 Å². The van der Waals surface area contributed by atoms with E-state index in [0.717, 1.165) is 22.9 Å². The maximum atomic E-state index is 5.58. The van der Waals surface area contributed by atoms with E-state index >= 15 is 0 Å². The first-order valence-corrected chi connectivity index (χ1v) is 9.92. The lowest BCUT2D eigenvalue weighted by molar-refractivity contribution is 0.520. The molecule has 0 bridgehead atoms. The van der Waals surface area contributed by atoms with Gasteiger partial charge in [0.1, 0.15) is 5.58 Å². The second-order valence-corrected chi connectivity index (χ2v) is 9.89. The van der Waals surface area contributed by atoms with Crippen molar-refractivity contribution in [3.63, 3.8) is 0 Å². The van der Waals surface area contributed by atoms with Gasteiger partial charge < -0.3 is 4.42 Å². The summed E-state index contributed by atoms with van der Waals surface area (Å²) in [5.41, 5.74) is 4.85. The van der Waals surface area contributed by atoms with Gasteiger partial charge in [-0.1, -0.05) is 52.8 Å². The maximum absolute atomic E-state index is 5.58. The van der Waals surface area contributed by atoms with Crippen molar-refractivity contribution in [1.82, 2.24) is 4.98 Å². The minimum absolute atomic E-state index is 0.00170. The number of hydrogen-bond acceptors (Lipinski definition) is 3. The van der Waals surface area contributed by atoms with Crippen molar-refractivity contribution in [1.29, 1.82) is 0 Å². The molecule has 2 heterocycles. The summed E-state index contributed by atoms with van der Waals surface area (Å²) in [6.45, 7) is 11.3. The summed E-state index contributed by atoms with van der Waals surface area (Å²) in [5, 5.41) is 2.34. The molecule has 0 spiro atoms. The van der Waals surface area contributed by atoms with Crippen LogP contribution in [0, 0.1) is 0 Å². The molecule has 134 valence electrons. The predicted octanol–water partition coefficient (Wildman–Crippen LogP) is 6.86. The fraction of sp³-hybridized carbons (Fsp3) is 0.348. The first-order chi connectivity index (χ1) is 12.2. The molecule has 0 saturated carbocycles. The van der Waals surface area contributed by atoms with Gasteiger partial charge in [0.15, 0.2) is 0 Å². The quantitative estimate of drug-likeness (QED) is 0.397. The van der Waals surface area contributed by atoms with Gasteiger partial charge in [0, 0.05) is 11.8 Å². The Hall–Kier alpha value is -2.13. The van der Waals surface area contributed by atoms with Crippen molar-refractivity contribution in [3.05, 3.63) is 64.9 Å². The van der Waals surface area contributed by atoms with Crippen LogP contribution in [0.3, 0.4) is 0 Å².